The highest BCUT2D eigenvalue weighted by Crippen LogP contribution is 2.33. The lowest BCUT2D eigenvalue weighted by atomic mass is 9.79. The molecule has 0 N–H and O–H groups in total. The molecule has 4 nitrogen and oxygen atoms in total. The molecule has 1 aromatic carbocycles. The van der Waals surface area contributed by atoms with Crippen molar-refractivity contribution in [3.05, 3.63) is 34.6 Å². The summed E-state index contributed by atoms with van der Waals surface area (Å²) < 4.78 is 78.1. The van der Waals surface area contributed by atoms with E-state index in [4.69, 9.17) is 9.47 Å². The lowest BCUT2D eigenvalue weighted by molar-refractivity contribution is -0.163. The molecule has 1 aliphatic rings. The zero-order chi connectivity index (χ0) is 28.6. The normalized spacial score (nSPS) is 17.3. The largest absolute Gasteiger partial charge is 0.465 e. The van der Waals surface area contributed by atoms with Crippen LogP contribution < -0.4 is 0 Å². The van der Waals surface area contributed by atoms with Gasteiger partial charge in [-0.25, -0.2) is 22.0 Å². The van der Waals surface area contributed by atoms with Crippen molar-refractivity contribution >= 4 is 11.9 Å². The summed E-state index contributed by atoms with van der Waals surface area (Å²) in [5.74, 6) is -13.7. The maximum Gasteiger partial charge on any atom is 0.310 e. The Balaban J connectivity index is 1.66. The average molecular weight is 563 g/mol. The fraction of sp³-hybridized carbons (Fsp3) is 0.733. The van der Waals surface area contributed by atoms with E-state index in [-0.39, 0.29) is 6.61 Å². The molecule has 0 bridgehead atoms. The standard InChI is InChI=1S/C30H43F5O4/c1-2-3-4-5-6-7-8-9-10-11-12-13-16-19-38-29(36)21-17-14-15-18-22(21)30(37)39-20-23-24(31)26(33)28(35)27(34)25(23)32/h21-22H,2-20H2,1H3. The maximum absolute atomic E-state index is 13.9. The highest BCUT2D eigenvalue weighted by atomic mass is 19.2. The first-order valence-corrected chi connectivity index (χ1v) is 14.6. The van der Waals surface area contributed by atoms with E-state index < -0.39 is 65.0 Å². The number of carbonyl (C=O) groups excluding carboxylic acids is 2. The molecule has 0 aromatic heterocycles. The van der Waals surface area contributed by atoms with Crippen LogP contribution in [0, 0.1) is 40.9 Å². The Morgan fingerprint density at radius 2 is 0.974 bits per heavy atom. The Morgan fingerprint density at radius 3 is 1.44 bits per heavy atom. The van der Waals surface area contributed by atoms with Gasteiger partial charge in [-0.05, 0) is 19.3 Å². The average Bonchev–Trinajstić information content (AvgIpc) is 2.95. The summed E-state index contributed by atoms with van der Waals surface area (Å²) in [5, 5.41) is 0. The Bertz CT molecular complexity index is 879. The minimum Gasteiger partial charge on any atom is -0.465 e. The van der Waals surface area contributed by atoms with Gasteiger partial charge >= 0.3 is 11.9 Å². The summed E-state index contributed by atoms with van der Waals surface area (Å²) in [5.41, 5.74) is -1.22. The predicted octanol–water partition coefficient (Wildman–Crippen LogP) is 8.87. The van der Waals surface area contributed by atoms with Crippen LogP contribution in [-0.2, 0) is 25.7 Å². The van der Waals surface area contributed by atoms with Crippen molar-refractivity contribution in [2.24, 2.45) is 11.8 Å². The lowest BCUT2D eigenvalue weighted by Crippen LogP contribution is -2.35. The number of rotatable bonds is 18. The van der Waals surface area contributed by atoms with E-state index in [2.05, 4.69) is 6.92 Å². The number of benzene rings is 1. The number of ether oxygens (including phenoxy) is 2. The SMILES string of the molecule is CCCCCCCCCCCCCCCOC(=O)C1CCCCC1C(=O)OCc1c(F)c(F)c(F)c(F)c1F. The van der Waals surface area contributed by atoms with E-state index in [0.717, 1.165) is 25.7 Å². The first kappa shape index (κ1) is 33.0. The fourth-order valence-electron chi connectivity index (χ4n) is 5.12. The van der Waals surface area contributed by atoms with Gasteiger partial charge in [0, 0.05) is 0 Å². The van der Waals surface area contributed by atoms with Crippen LogP contribution in [0.5, 0.6) is 0 Å². The lowest BCUT2D eigenvalue weighted by Gasteiger charge is -2.28. The molecule has 0 radical (unpaired) electrons. The maximum atomic E-state index is 13.9. The second-order valence-corrected chi connectivity index (χ2v) is 10.6. The van der Waals surface area contributed by atoms with Crippen molar-refractivity contribution in [3.63, 3.8) is 0 Å². The van der Waals surface area contributed by atoms with E-state index in [1.807, 2.05) is 0 Å². The van der Waals surface area contributed by atoms with Gasteiger partial charge in [-0.1, -0.05) is 96.8 Å². The smallest absolute Gasteiger partial charge is 0.310 e. The van der Waals surface area contributed by atoms with Crippen LogP contribution in [0.3, 0.4) is 0 Å². The molecular weight excluding hydrogens is 519 g/mol. The quantitative estimate of drug-likeness (QED) is 0.0590. The minimum atomic E-state index is -2.28. The van der Waals surface area contributed by atoms with Gasteiger partial charge in [-0.2, -0.15) is 0 Å². The van der Waals surface area contributed by atoms with Gasteiger partial charge in [0.15, 0.2) is 23.3 Å². The molecule has 2 atom stereocenters. The number of hydrogen-bond acceptors (Lipinski definition) is 4. The second-order valence-electron chi connectivity index (χ2n) is 10.6. The van der Waals surface area contributed by atoms with E-state index in [0.29, 0.717) is 25.7 Å². The van der Waals surface area contributed by atoms with Crippen LogP contribution in [0.25, 0.3) is 0 Å². The van der Waals surface area contributed by atoms with Crippen molar-refractivity contribution in [1.82, 2.24) is 0 Å². The molecule has 1 aliphatic carbocycles. The third-order valence-electron chi connectivity index (χ3n) is 7.52. The molecular formula is C30H43F5O4. The monoisotopic (exact) mass is 562 g/mol. The molecule has 9 heteroatoms. The molecule has 222 valence electrons. The summed E-state index contributed by atoms with van der Waals surface area (Å²) in [6, 6.07) is 0. The van der Waals surface area contributed by atoms with Gasteiger partial charge in [0.25, 0.3) is 0 Å². The Labute approximate surface area is 229 Å². The summed E-state index contributed by atoms with van der Waals surface area (Å²) >= 11 is 0. The molecule has 0 spiro atoms. The molecule has 1 saturated carbocycles. The van der Waals surface area contributed by atoms with Crippen molar-refractivity contribution < 1.29 is 41.0 Å². The summed E-state index contributed by atoms with van der Waals surface area (Å²) in [6.07, 6.45) is 17.7. The van der Waals surface area contributed by atoms with Gasteiger partial charge < -0.3 is 9.47 Å². The zero-order valence-electron chi connectivity index (χ0n) is 23.1. The van der Waals surface area contributed by atoms with Crippen LogP contribution in [0.1, 0.15) is 122 Å². The van der Waals surface area contributed by atoms with Gasteiger partial charge in [0.05, 0.1) is 24.0 Å². The van der Waals surface area contributed by atoms with Gasteiger partial charge in [-0.15, -0.1) is 0 Å². The molecule has 2 unspecified atom stereocenters. The minimum absolute atomic E-state index is 0.249. The number of halogens is 5. The van der Waals surface area contributed by atoms with Gasteiger partial charge in [0.2, 0.25) is 5.82 Å². The number of carbonyl (C=O) groups is 2. The summed E-state index contributed by atoms with van der Waals surface area (Å²) in [7, 11) is 0. The van der Waals surface area contributed by atoms with E-state index in [1.165, 1.54) is 57.8 Å². The third kappa shape index (κ3) is 10.7. The summed E-state index contributed by atoms with van der Waals surface area (Å²) in [6.45, 7) is 1.35. The molecule has 0 saturated heterocycles. The third-order valence-corrected chi connectivity index (χ3v) is 7.52. The first-order valence-electron chi connectivity index (χ1n) is 14.6. The highest BCUT2D eigenvalue weighted by molar-refractivity contribution is 5.82. The van der Waals surface area contributed by atoms with Crippen LogP contribution in [0.4, 0.5) is 22.0 Å². The molecule has 2 rings (SSSR count). The Hall–Kier alpha value is -2.19. The molecule has 0 amide bonds. The fourth-order valence-corrected chi connectivity index (χ4v) is 5.12. The van der Waals surface area contributed by atoms with Crippen LogP contribution in [-0.4, -0.2) is 18.5 Å². The van der Waals surface area contributed by atoms with E-state index >= 15 is 0 Å². The second kappa shape index (κ2) is 18.2. The van der Waals surface area contributed by atoms with Crippen molar-refractivity contribution in [3.8, 4) is 0 Å². The van der Waals surface area contributed by atoms with Gasteiger partial charge in [0.1, 0.15) is 6.61 Å². The van der Waals surface area contributed by atoms with Crippen LogP contribution >= 0.6 is 0 Å². The molecule has 1 aromatic rings. The Morgan fingerprint density at radius 1 is 0.590 bits per heavy atom. The molecule has 0 aliphatic heterocycles. The summed E-state index contributed by atoms with van der Waals surface area (Å²) in [4.78, 5) is 25.3. The topological polar surface area (TPSA) is 52.6 Å². The highest BCUT2D eigenvalue weighted by Gasteiger charge is 2.38. The molecule has 1 fully saturated rings. The number of unbranched alkanes of at least 4 members (excludes halogenated alkanes) is 12. The van der Waals surface area contributed by atoms with Crippen molar-refractivity contribution in [2.45, 2.75) is 123 Å². The van der Waals surface area contributed by atoms with E-state index in [9.17, 15) is 31.5 Å². The molecule has 0 heterocycles. The van der Waals surface area contributed by atoms with Crippen LogP contribution in [0.15, 0.2) is 0 Å². The van der Waals surface area contributed by atoms with Crippen molar-refractivity contribution in [1.29, 1.82) is 0 Å². The first-order chi connectivity index (χ1) is 18.8. The zero-order valence-corrected chi connectivity index (χ0v) is 23.1. The number of hydrogen-bond donors (Lipinski definition) is 0. The van der Waals surface area contributed by atoms with E-state index in [1.54, 1.807) is 0 Å². The van der Waals surface area contributed by atoms with Gasteiger partial charge in [-0.3, -0.25) is 9.59 Å². The number of esters is 2. The molecule has 39 heavy (non-hydrogen) atoms. The predicted molar refractivity (Wildman–Crippen MR) is 138 cm³/mol. The van der Waals surface area contributed by atoms with Crippen LogP contribution in [0.2, 0.25) is 0 Å². The van der Waals surface area contributed by atoms with Crippen molar-refractivity contribution in [2.75, 3.05) is 6.61 Å². The Kier molecular flexibility index (Phi) is 15.4.